The number of halogens is 3. The van der Waals surface area contributed by atoms with Gasteiger partial charge < -0.3 is 24.1 Å². The van der Waals surface area contributed by atoms with Crippen LogP contribution in [0.4, 0.5) is 13.2 Å². The Balaban J connectivity index is 2.20. The Bertz CT molecular complexity index is 1590. The van der Waals surface area contributed by atoms with Gasteiger partial charge in [-0.15, -0.1) is 0 Å². The average Bonchev–Trinajstić information content (AvgIpc) is 3.04. The van der Waals surface area contributed by atoms with E-state index in [1.54, 1.807) is 32.1 Å². The zero-order chi connectivity index (χ0) is 37.7. The quantitative estimate of drug-likeness (QED) is 0.0938. The number of rotatable bonds is 18. The first kappa shape index (κ1) is 41.5. The molecule has 50 heavy (non-hydrogen) atoms. The number of phenols is 1. The molecule has 2 aromatic carbocycles. The van der Waals surface area contributed by atoms with E-state index in [9.17, 15) is 32.7 Å². The average molecular weight is 701 g/mol. The van der Waals surface area contributed by atoms with Crippen LogP contribution in [-0.4, -0.2) is 54.9 Å². The molecule has 0 aromatic heterocycles. The number of esters is 2. The minimum absolute atomic E-state index is 0.0122. The molecule has 0 radical (unpaired) electrons. The lowest BCUT2D eigenvalue weighted by Gasteiger charge is -2.33. The zero-order valence-electron chi connectivity index (χ0n) is 29.7. The van der Waals surface area contributed by atoms with E-state index in [1.807, 2.05) is 19.9 Å². The molecular formula is C39H47F3O8. The Morgan fingerprint density at radius 3 is 2.18 bits per heavy atom. The van der Waals surface area contributed by atoms with Crippen molar-refractivity contribution in [3.8, 4) is 11.5 Å². The van der Waals surface area contributed by atoms with Crippen molar-refractivity contribution in [3.63, 3.8) is 0 Å². The van der Waals surface area contributed by atoms with Gasteiger partial charge in [-0.3, -0.25) is 9.59 Å². The van der Waals surface area contributed by atoms with Gasteiger partial charge >= 0.3 is 18.1 Å². The van der Waals surface area contributed by atoms with E-state index in [1.165, 1.54) is 50.4 Å². The molecule has 0 saturated carbocycles. The largest absolute Gasteiger partial charge is 0.508 e. The lowest BCUT2D eigenvalue weighted by molar-refractivity contribution is -0.277. The number of alkyl halides is 3. The van der Waals surface area contributed by atoms with Crippen LogP contribution in [0.2, 0.25) is 0 Å². The molecule has 3 atom stereocenters. The number of allylic oxidation sites excluding steroid dienone is 4. The maximum absolute atomic E-state index is 14.5. The number of phenolic OH excluding ortho intramolecular Hbond substituents is 1. The normalized spacial score (nSPS) is 15.2. The summed E-state index contributed by atoms with van der Waals surface area (Å²) in [4.78, 5) is 38.4. The molecule has 11 heteroatoms. The maximum atomic E-state index is 14.5. The van der Waals surface area contributed by atoms with Crippen molar-refractivity contribution in [2.24, 2.45) is 0 Å². The number of ketones is 1. The van der Waals surface area contributed by atoms with E-state index in [0.717, 1.165) is 24.8 Å². The smallest absolute Gasteiger partial charge is 0.432 e. The summed E-state index contributed by atoms with van der Waals surface area (Å²) >= 11 is 0. The highest BCUT2D eigenvalue weighted by molar-refractivity contribution is 5.98. The summed E-state index contributed by atoms with van der Waals surface area (Å²) in [6, 6.07) is 10.9. The van der Waals surface area contributed by atoms with Crippen LogP contribution in [0.25, 0.3) is 0 Å². The highest BCUT2D eigenvalue weighted by Gasteiger charge is 2.64. The monoisotopic (exact) mass is 700 g/mol. The fourth-order valence-electron chi connectivity index (χ4n) is 5.13. The van der Waals surface area contributed by atoms with Crippen LogP contribution >= 0.6 is 0 Å². The minimum atomic E-state index is -5.19. The maximum Gasteiger partial charge on any atom is 0.432 e. The molecule has 1 N–H and O–H groups in total. The molecule has 0 bridgehead atoms. The van der Waals surface area contributed by atoms with Crippen LogP contribution in [0.15, 0.2) is 96.1 Å². The zero-order valence-corrected chi connectivity index (χ0v) is 29.7. The van der Waals surface area contributed by atoms with Crippen molar-refractivity contribution in [2.75, 3.05) is 14.2 Å². The molecule has 0 aliphatic rings. The Labute approximate surface area is 292 Å². The summed E-state index contributed by atoms with van der Waals surface area (Å²) in [5, 5.41) is 9.90. The van der Waals surface area contributed by atoms with Crippen molar-refractivity contribution in [1.82, 2.24) is 0 Å². The first-order chi connectivity index (χ1) is 23.4. The van der Waals surface area contributed by atoms with E-state index in [2.05, 4.69) is 6.58 Å². The first-order valence-electron chi connectivity index (χ1n) is 16.0. The molecular weight excluding hydrogens is 653 g/mol. The lowest BCUT2D eigenvalue weighted by atomic mass is 9.92. The van der Waals surface area contributed by atoms with Gasteiger partial charge in [-0.1, -0.05) is 60.2 Å². The predicted molar refractivity (Wildman–Crippen MR) is 185 cm³/mol. The Morgan fingerprint density at radius 2 is 1.62 bits per heavy atom. The van der Waals surface area contributed by atoms with Gasteiger partial charge in [-0.05, 0) is 96.2 Å². The van der Waals surface area contributed by atoms with Crippen molar-refractivity contribution >= 4 is 17.7 Å². The van der Waals surface area contributed by atoms with Crippen molar-refractivity contribution in [3.05, 3.63) is 107 Å². The van der Waals surface area contributed by atoms with Gasteiger partial charge in [0.15, 0.2) is 11.9 Å². The van der Waals surface area contributed by atoms with Gasteiger partial charge in [0.05, 0.1) is 13.5 Å². The van der Waals surface area contributed by atoms with Gasteiger partial charge in [-0.25, -0.2) is 4.79 Å². The Kier molecular flexibility index (Phi) is 15.3. The number of hydrogen-bond donors (Lipinski definition) is 1. The summed E-state index contributed by atoms with van der Waals surface area (Å²) in [5.74, 6) is -2.50. The van der Waals surface area contributed by atoms with Crippen LogP contribution in [0.5, 0.6) is 11.5 Å². The van der Waals surface area contributed by atoms with Crippen molar-refractivity contribution in [2.45, 2.75) is 90.2 Å². The van der Waals surface area contributed by atoms with Crippen molar-refractivity contribution < 1.29 is 51.6 Å². The topological polar surface area (TPSA) is 108 Å². The van der Waals surface area contributed by atoms with E-state index >= 15 is 0 Å². The number of carbonyl (C=O) groups is 3. The van der Waals surface area contributed by atoms with Crippen LogP contribution < -0.4 is 4.74 Å². The summed E-state index contributed by atoms with van der Waals surface area (Å²) < 4.78 is 64.6. The summed E-state index contributed by atoms with van der Waals surface area (Å²) in [6.07, 6.45) is 1.79. The number of aromatic hydroxyl groups is 1. The van der Waals surface area contributed by atoms with Gasteiger partial charge in [0.2, 0.25) is 0 Å². The second-order valence-corrected chi connectivity index (χ2v) is 12.4. The van der Waals surface area contributed by atoms with Gasteiger partial charge in [0.25, 0.3) is 5.60 Å². The molecule has 0 heterocycles. The fraction of sp³-hybridized carbons (Fsp3) is 0.410. The lowest BCUT2D eigenvalue weighted by Crippen LogP contribution is -2.53. The molecule has 8 nitrogen and oxygen atoms in total. The van der Waals surface area contributed by atoms with E-state index in [0.29, 0.717) is 42.6 Å². The van der Waals surface area contributed by atoms with Crippen LogP contribution in [0.3, 0.4) is 0 Å². The Hall–Kier alpha value is -4.64. The molecule has 0 aliphatic heterocycles. The molecule has 0 aliphatic carbocycles. The molecule has 2 aromatic rings. The number of benzene rings is 2. The molecule has 0 amide bonds. The number of methoxy groups -OCH3 is 2. The number of carbonyl (C=O) groups excluding carboxylic acids is 3. The molecule has 0 saturated heterocycles. The summed E-state index contributed by atoms with van der Waals surface area (Å²) in [5.41, 5.74) is -2.40. The van der Waals surface area contributed by atoms with Crippen LogP contribution in [-0.2, 0) is 40.6 Å². The molecule has 0 fully saturated rings. The van der Waals surface area contributed by atoms with E-state index in [-0.39, 0.29) is 17.7 Å². The van der Waals surface area contributed by atoms with Crippen molar-refractivity contribution in [1.29, 1.82) is 0 Å². The first-order valence-corrected chi connectivity index (χ1v) is 16.0. The van der Waals surface area contributed by atoms with Crippen LogP contribution in [0.1, 0.15) is 71.4 Å². The van der Waals surface area contributed by atoms with Crippen LogP contribution in [0, 0.1) is 0 Å². The third-order valence-corrected chi connectivity index (χ3v) is 8.02. The third kappa shape index (κ3) is 11.2. The Morgan fingerprint density at radius 1 is 0.960 bits per heavy atom. The number of hydrogen-bond acceptors (Lipinski definition) is 8. The highest BCUT2D eigenvalue weighted by atomic mass is 19.4. The molecule has 272 valence electrons. The molecule has 0 spiro atoms. The predicted octanol–water partition coefficient (Wildman–Crippen LogP) is 8.44. The standard InChI is InChI=1S/C39H47F3O8/c1-9-37(6,50-33-21-20-31(43)24-29(33)25-34(45)47-7)22-14-16-27(4)15-13-17-28(5)35(32(44)23-26(2)3)49-36(46)38(48-8,39(40,41)42)30-18-11-10-12-19-30/h9-12,16-21,23-24,35,43H,1,13-15,22,25H2,2-8H3/b27-16+,28-17-/t35-,37?,38+/m0/s1. The van der Waals surface area contributed by atoms with E-state index in [4.69, 9.17) is 18.9 Å². The second kappa shape index (κ2) is 18.4. The van der Waals surface area contributed by atoms with Gasteiger partial charge in [-0.2, -0.15) is 13.2 Å². The third-order valence-electron chi connectivity index (χ3n) is 8.02. The van der Waals surface area contributed by atoms with E-state index < -0.39 is 46.8 Å². The molecule has 2 rings (SSSR count). The van der Waals surface area contributed by atoms with Gasteiger partial charge in [0, 0.05) is 18.2 Å². The SMILES string of the molecule is C=CC(C)(CC/C=C(\C)CC/C=C(/C)[C@H](OC(=O)[C@](OC)(c1ccccc1)C(F)(F)F)C(=O)C=C(C)C)Oc1ccc(O)cc1CC(=O)OC. The second-order valence-electron chi connectivity index (χ2n) is 12.4. The summed E-state index contributed by atoms with van der Waals surface area (Å²) in [6.45, 7) is 12.5. The summed E-state index contributed by atoms with van der Waals surface area (Å²) in [7, 11) is 2.05. The minimum Gasteiger partial charge on any atom is -0.508 e. The van der Waals surface area contributed by atoms with Gasteiger partial charge in [0.1, 0.15) is 17.1 Å². The molecule has 1 unspecified atom stereocenters. The number of ether oxygens (including phenoxy) is 4. The fourth-order valence-corrected chi connectivity index (χ4v) is 5.13. The highest BCUT2D eigenvalue weighted by Crippen LogP contribution is 2.43.